The molecule has 0 spiro atoms. The molecule has 3 rings (SSSR count). The van der Waals surface area contributed by atoms with Crippen molar-refractivity contribution in [1.82, 2.24) is 4.81 Å². The lowest BCUT2D eigenvalue weighted by molar-refractivity contribution is 0.385. The molecule has 3 nitrogen and oxygen atoms in total. The Kier molecular flexibility index (Phi) is 6.31. The van der Waals surface area contributed by atoms with Crippen LogP contribution in [0.1, 0.15) is 71.8 Å². The maximum atomic E-state index is 5.05. The van der Waals surface area contributed by atoms with Gasteiger partial charge in [0, 0.05) is 17.8 Å². The Labute approximate surface area is 160 Å². The van der Waals surface area contributed by atoms with Crippen LogP contribution in [0.2, 0.25) is 11.6 Å². The van der Waals surface area contributed by atoms with E-state index in [1.807, 2.05) is 0 Å². The van der Waals surface area contributed by atoms with Gasteiger partial charge in [0.1, 0.15) is 0 Å². The van der Waals surface area contributed by atoms with Crippen LogP contribution in [-0.4, -0.2) is 29.7 Å². The molecule has 0 aliphatic carbocycles. The molecule has 2 aliphatic heterocycles. The summed E-state index contributed by atoms with van der Waals surface area (Å²) in [6.45, 7) is 11.8. The average molecular weight is 353 g/mol. The number of anilines is 1. The number of nitrogens with zero attached hydrogens (tertiary/aromatic N) is 2. The van der Waals surface area contributed by atoms with Gasteiger partial charge < -0.3 is 10.1 Å². The number of hydrogen-bond acceptors (Lipinski definition) is 1. The molecule has 0 unspecified atom stereocenters. The molecule has 0 atom stereocenters. The minimum Gasteiger partial charge on any atom is -0.384 e. The quantitative estimate of drug-likeness (QED) is 0.409. The van der Waals surface area contributed by atoms with E-state index in [-0.39, 0.29) is 6.04 Å². The van der Waals surface area contributed by atoms with Crippen molar-refractivity contribution in [3.8, 4) is 0 Å². The van der Waals surface area contributed by atoms with Crippen molar-refractivity contribution in [2.24, 2.45) is 4.99 Å². The largest absolute Gasteiger partial charge is 0.384 e. The summed E-state index contributed by atoms with van der Waals surface area (Å²) in [5, 5.41) is 3.68. The van der Waals surface area contributed by atoms with Crippen LogP contribution in [0.4, 0.5) is 5.69 Å². The molecule has 2 aliphatic rings. The van der Waals surface area contributed by atoms with Crippen molar-refractivity contribution < 1.29 is 0 Å². The summed E-state index contributed by atoms with van der Waals surface area (Å²) in [6.07, 6.45) is 8.40. The van der Waals surface area contributed by atoms with E-state index in [0.29, 0.717) is 12.9 Å². The molecule has 0 amide bonds. The summed E-state index contributed by atoms with van der Waals surface area (Å²) in [6, 6.07) is 9.43. The number of rotatable bonds is 4. The Morgan fingerprint density at radius 2 is 1.54 bits per heavy atom. The maximum absolute atomic E-state index is 5.05. The van der Waals surface area contributed by atoms with E-state index in [9.17, 15) is 0 Å². The summed E-state index contributed by atoms with van der Waals surface area (Å²) in [4.78, 5) is 7.68. The zero-order chi connectivity index (χ0) is 18.7. The molecule has 2 heterocycles. The van der Waals surface area contributed by atoms with Crippen LogP contribution in [0.3, 0.4) is 0 Å². The fourth-order valence-corrected chi connectivity index (χ4v) is 5.00. The molecule has 4 heteroatoms. The SMILES string of the molecule is Cc1ccc(NC(=NC(C)C)N(B2C3CCCC2CCC3)C(C)C)cc1. The highest BCUT2D eigenvalue weighted by Gasteiger charge is 2.45. The van der Waals surface area contributed by atoms with Crippen molar-refractivity contribution in [3.05, 3.63) is 29.8 Å². The minimum absolute atomic E-state index is 0.285. The number of aryl methyl sites for hydroxylation is 1. The molecule has 1 N–H and O–H groups in total. The second-order valence-electron chi connectivity index (χ2n) is 8.91. The Morgan fingerprint density at radius 3 is 2.00 bits per heavy atom. The monoisotopic (exact) mass is 353 g/mol. The van der Waals surface area contributed by atoms with Crippen molar-refractivity contribution in [1.29, 1.82) is 0 Å². The van der Waals surface area contributed by atoms with Crippen molar-refractivity contribution in [3.63, 3.8) is 0 Å². The fraction of sp³-hybridized carbons (Fsp3) is 0.682. The highest BCUT2D eigenvalue weighted by Crippen LogP contribution is 2.48. The molecule has 142 valence electrons. The zero-order valence-electron chi connectivity index (χ0n) is 17.3. The van der Waals surface area contributed by atoms with Crippen LogP contribution in [-0.2, 0) is 0 Å². The van der Waals surface area contributed by atoms with Crippen molar-refractivity contribution >= 4 is 18.5 Å². The molecule has 2 bridgehead atoms. The lowest BCUT2D eigenvalue weighted by Gasteiger charge is -2.48. The molecule has 0 radical (unpaired) electrons. The molecule has 1 aromatic carbocycles. The molecule has 1 aromatic rings. The highest BCUT2D eigenvalue weighted by atomic mass is 15.3. The summed E-state index contributed by atoms with van der Waals surface area (Å²) >= 11 is 0. The number of hydrogen-bond donors (Lipinski definition) is 1. The van der Waals surface area contributed by atoms with Crippen molar-refractivity contribution in [2.75, 3.05) is 5.32 Å². The first-order valence-electron chi connectivity index (χ1n) is 10.7. The third-order valence-corrected chi connectivity index (χ3v) is 6.08. The number of fused-ring (bicyclic) bond motifs is 2. The minimum atomic E-state index is 0.285. The summed E-state index contributed by atoms with van der Waals surface area (Å²) in [5.74, 6) is 2.74. The Balaban J connectivity index is 1.91. The van der Waals surface area contributed by atoms with E-state index in [1.54, 1.807) is 0 Å². The normalized spacial score (nSPS) is 23.5. The van der Waals surface area contributed by atoms with E-state index >= 15 is 0 Å². The van der Waals surface area contributed by atoms with Gasteiger partial charge in [-0.2, -0.15) is 0 Å². The van der Waals surface area contributed by atoms with Gasteiger partial charge in [0.25, 0.3) is 6.85 Å². The van der Waals surface area contributed by atoms with Crippen LogP contribution in [0.25, 0.3) is 0 Å². The van der Waals surface area contributed by atoms with Gasteiger partial charge in [-0.05, 0) is 58.4 Å². The van der Waals surface area contributed by atoms with E-state index in [1.165, 1.54) is 44.1 Å². The molecule has 26 heavy (non-hydrogen) atoms. The van der Waals surface area contributed by atoms with Gasteiger partial charge in [-0.1, -0.05) is 56.2 Å². The van der Waals surface area contributed by atoms with Crippen LogP contribution in [0.15, 0.2) is 29.3 Å². The van der Waals surface area contributed by atoms with Crippen LogP contribution in [0, 0.1) is 6.92 Å². The van der Waals surface area contributed by atoms with Crippen molar-refractivity contribution in [2.45, 2.75) is 96.9 Å². The van der Waals surface area contributed by atoms with Gasteiger partial charge in [0.15, 0.2) is 5.96 Å². The molecule has 2 saturated heterocycles. The average Bonchev–Trinajstić information content (AvgIpc) is 2.56. The third-order valence-electron chi connectivity index (χ3n) is 6.08. The molecule has 0 aromatic heterocycles. The van der Waals surface area contributed by atoms with Gasteiger partial charge in [-0.3, -0.25) is 4.99 Å². The van der Waals surface area contributed by atoms with E-state index in [2.05, 4.69) is 69.0 Å². The standard InChI is InChI=1S/C22H36BN3/c1-16(2)24-22(25-21-14-12-18(5)13-15-21)26(17(3)4)23-19-8-6-9-20(23)11-7-10-19/h12-17,19-20H,6-11H2,1-5H3,(H,24,25). The van der Waals surface area contributed by atoms with Crippen LogP contribution < -0.4 is 5.32 Å². The Hall–Kier alpha value is -1.45. The molecular weight excluding hydrogens is 317 g/mol. The first-order chi connectivity index (χ1) is 12.5. The first-order valence-corrected chi connectivity index (χ1v) is 10.7. The second-order valence-corrected chi connectivity index (χ2v) is 8.91. The lowest BCUT2D eigenvalue weighted by atomic mass is 9.33. The molecule has 0 saturated carbocycles. The maximum Gasteiger partial charge on any atom is 0.264 e. The van der Waals surface area contributed by atoms with Crippen LogP contribution in [0.5, 0.6) is 0 Å². The molecule has 2 fully saturated rings. The molecular formula is C22H36BN3. The van der Waals surface area contributed by atoms with E-state index in [4.69, 9.17) is 4.99 Å². The third kappa shape index (κ3) is 4.44. The Bertz CT molecular complexity index is 586. The van der Waals surface area contributed by atoms with Gasteiger partial charge in [0.05, 0.1) is 0 Å². The van der Waals surface area contributed by atoms with E-state index in [0.717, 1.165) is 23.3 Å². The van der Waals surface area contributed by atoms with Gasteiger partial charge in [-0.25, -0.2) is 0 Å². The van der Waals surface area contributed by atoms with Crippen LogP contribution >= 0.6 is 0 Å². The summed E-state index contributed by atoms with van der Waals surface area (Å²) < 4.78 is 0. The second kappa shape index (κ2) is 8.50. The lowest BCUT2D eigenvalue weighted by Crippen LogP contribution is -2.57. The zero-order valence-corrected chi connectivity index (χ0v) is 17.3. The summed E-state index contributed by atoms with van der Waals surface area (Å²) in [7, 11) is 0. The number of nitrogens with one attached hydrogen (secondary N) is 1. The summed E-state index contributed by atoms with van der Waals surface area (Å²) in [5.41, 5.74) is 2.43. The Morgan fingerprint density at radius 1 is 1.00 bits per heavy atom. The number of benzene rings is 1. The topological polar surface area (TPSA) is 27.6 Å². The predicted octanol–water partition coefficient (Wildman–Crippen LogP) is 5.98. The van der Waals surface area contributed by atoms with Gasteiger partial charge in [0.2, 0.25) is 0 Å². The first kappa shape index (κ1) is 19.3. The fourth-order valence-electron chi connectivity index (χ4n) is 5.00. The predicted molar refractivity (Wildman–Crippen MR) is 115 cm³/mol. The number of guanidine groups is 1. The van der Waals surface area contributed by atoms with Gasteiger partial charge in [-0.15, -0.1) is 0 Å². The highest BCUT2D eigenvalue weighted by molar-refractivity contribution is 6.62. The number of aliphatic imine (C=N–C) groups is 1. The smallest absolute Gasteiger partial charge is 0.264 e. The van der Waals surface area contributed by atoms with E-state index < -0.39 is 0 Å². The van der Waals surface area contributed by atoms with Gasteiger partial charge >= 0.3 is 0 Å².